The van der Waals surface area contributed by atoms with Crippen LogP contribution in [0.4, 0.5) is 0 Å². The number of ether oxygens (including phenoxy) is 1. The van der Waals surface area contributed by atoms with E-state index in [4.69, 9.17) is 4.74 Å². The molecule has 0 radical (unpaired) electrons. The Labute approximate surface area is 183 Å². The van der Waals surface area contributed by atoms with Crippen LogP contribution in [0.3, 0.4) is 0 Å². The van der Waals surface area contributed by atoms with Crippen LogP contribution in [0.15, 0.2) is 77.3 Å². The van der Waals surface area contributed by atoms with Crippen molar-refractivity contribution < 1.29 is 19.4 Å². The summed E-state index contributed by atoms with van der Waals surface area (Å²) in [5.41, 5.74) is 0.818. The van der Waals surface area contributed by atoms with E-state index in [0.717, 1.165) is 4.47 Å². The van der Waals surface area contributed by atoms with E-state index in [1.54, 1.807) is 36.4 Å². The molecule has 0 aliphatic carbocycles. The summed E-state index contributed by atoms with van der Waals surface area (Å²) in [6, 6.07) is 20.5. The van der Waals surface area contributed by atoms with Crippen molar-refractivity contribution in [2.45, 2.75) is 6.42 Å². The van der Waals surface area contributed by atoms with Crippen LogP contribution in [0, 0.1) is 0 Å². The number of carbonyl (C=O) groups is 2. The number of phenolic OH excluding ortho intramolecular Hbond substituents is 1. The van der Waals surface area contributed by atoms with Gasteiger partial charge in [-0.3, -0.25) is 9.59 Å². The molecule has 0 fully saturated rings. The normalized spacial score (nSPS) is 10.3. The highest BCUT2D eigenvalue weighted by Crippen LogP contribution is 2.27. The summed E-state index contributed by atoms with van der Waals surface area (Å²) in [6.07, 6.45) is 0.560. The van der Waals surface area contributed by atoms with Crippen molar-refractivity contribution in [2.24, 2.45) is 0 Å². The summed E-state index contributed by atoms with van der Waals surface area (Å²) in [7, 11) is 0. The van der Waals surface area contributed by atoms with Gasteiger partial charge in [-0.15, -0.1) is 0 Å². The van der Waals surface area contributed by atoms with Crippen molar-refractivity contribution in [3.05, 3.63) is 88.4 Å². The molecule has 0 bridgehead atoms. The van der Waals surface area contributed by atoms with Gasteiger partial charge in [-0.2, -0.15) is 0 Å². The van der Waals surface area contributed by atoms with Crippen LogP contribution < -0.4 is 15.4 Å². The SMILES string of the molecule is O=C(NCCCNC(=O)c1ccccc1Oc1cccc(Br)c1)c1cccc(O)c1. The van der Waals surface area contributed by atoms with Gasteiger partial charge in [0.1, 0.15) is 17.2 Å². The molecule has 0 spiro atoms. The monoisotopic (exact) mass is 468 g/mol. The van der Waals surface area contributed by atoms with Gasteiger partial charge in [-0.1, -0.05) is 40.2 Å². The third-order valence-corrected chi connectivity index (χ3v) is 4.68. The molecule has 3 aromatic carbocycles. The van der Waals surface area contributed by atoms with E-state index in [1.165, 1.54) is 12.1 Å². The highest BCUT2D eigenvalue weighted by atomic mass is 79.9. The van der Waals surface area contributed by atoms with E-state index in [2.05, 4.69) is 26.6 Å². The van der Waals surface area contributed by atoms with E-state index in [1.807, 2.05) is 24.3 Å². The van der Waals surface area contributed by atoms with Crippen LogP contribution in [-0.2, 0) is 0 Å². The highest BCUT2D eigenvalue weighted by molar-refractivity contribution is 9.10. The van der Waals surface area contributed by atoms with Crippen LogP contribution in [0.25, 0.3) is 0 Å². The van der Waals surface area contributed by atoms with Crippen LogP contribution in [-0.4, -0.2) is 30.0 Å². The number of hydrogen-bond donors (Lipinski definition) is 3. The average Bonchev–Trinajstić information content (AvgIpc) is 2.73. The van der Waals surface area contributed by atoms with Crippen LogP contribution in [0.1, 0.15) is 27.1 Å². The topological polar surface area (TPSA) is 87.7 Å². The number of phenols is 1. The minimum Gasteiger partial charge on any atom is -0.508 e. The van der Waals surface area contributed by atoms with Gasteiger partial charge >= 0.3 is 0 Å². The fourth-order valence-electron chi connectivity index (χ4n) is 2.74. The molecule has 2 amide bonds. The van der Waals surface area contributed by atoms with Gasteiger partial charge in [0.15, 0.2) is 0 Å². The maximum Gasteiger partial charge on any atom is 0.255 e. The Morgan fingerprint density at radius 3 is 2.37 bits per heavy atom. The minimum absolute atomic E-state index is 0.0404. The molecule has 30 heavy (non-hydrogen) atoms. The lowest BCUT2D eigenvalue weighted by Crippen LogP contribution is -2.30. The molecule has 0 saturated carbocycles. The van der Waals surface area contributed by atoms with Crippen molar-refractivity contribution in [2.75, 3.05) is 13.1 Å². The van der Waals surface area contributed by atoms with Crippen LogP contribution >= 0.6 is 15.9 Å². The molecule has 3 rings (SSSR count). The first-order chi connectivity index (χ1) is 14.5. The molecule has 0 aromatic heterocycles. The third-order valence-electron chi connectivity index (χ3n) is 4.19. The molecule has 0 aliphatic heterocycles. The number of halogens is 1. The van der Waals surface area contributed by atoms with Gasteiger partial charge in [-0.05, 0) is 55.0 Å². The standard InChI is InChI=1S/C23H21BrN2O4/c24-17-7-4-9-19(15-17)30-21-11-2-1-10-20(21)23(29)26-13-5-12-25-22(28)16-6-3-8-18(27)14-16/h1-4,6-11,14-15,27H,5,12-13H2,(H,25,28)(H,26,29). The van der Waals surface area contributed by atoms with Gasteiger partial charge in [-0.25, -0.2) is 0 Å². The van der Waals surface area contributed by atoms with E-state index in [-0.39, 0.29) is 17.6 Å². The number of amides is 2. The number of aromatic hydroxyl groups is 1. The lowest BCUT2D eigenvalue weighted by atomic mass is 10.2. The van der Waals surface area contributed by atoms with Crippen LogP contribution in [0.5, 0.6) is 17.2 Å². The summed E-state index contributed by atoms with van der Waals surface area (Å²) < 4.78 is 6.74. The number of carbonyl (C=O) groups excluding carboxylic acids is 2. The highest BCUT2D eigenvalue weighted by Gasteiger charge is 2.12. The Morgan fingerprint density at radius 2 is 1.60 bits per heavy atom. The van der Waals surface area contributed by atoms with E-state index < -0.39 is 0 Å². The second-order valence-electron chi connectivity index (χ2n) is 6.47. The van der Waals surface area contributed by atoms with Crippen molar-refractivity contribution in [3.63, 3.8) is 0 Å². The zero-order chi connectivity index (χ0) is 21.3. The Hall–Kier alpha value is -3.32. The van der Waals surface area contributed by atoms with Crippen molar-refractivity contribution in [1.29, 1.82) is 0 Å². The lowest BCUT2D eigenvalue weighted by molar-refractivity contribution is 0.0950. The fraction of sp³-hybridized carbons (Fsp3) is 0.130. The molecule has 0 aliphatic rings. The first kappa shape index (κ1) is 21.4. The van der Waals surface area contributed by atoms with Gasteiger partial charge in [0.25, 0.3) is 11.8 Å². The maximum atomic E-state index is 12.6. The van der Waals surface area contributed by atoms with Crippen molar-refractivity contribution in [1.82, 2.24) is 10.6 Å². The van der Waals surface area contributed by atoms with E-state index in [9.17, 15) is 14.7 Å². The molecule has 3 N–H and O–H groups in total. The average molecular weight is 469 g/mol. The first-order valence-corrected chi connectivity index (χ1v) is 10.2. The second-order valence-corrected chi connectivity index (χ2v) is 7.39. The predicted octanol–water partition coefficient (Wildman–Crippen LogP) is 4.50. The fourth-order valence-corrected chi connectivity index (χ4v) is 3.12. The molecule has 6 nitrogen and oxygen atoms in total. The summed E-state index contributed by atoms with van der Waals surface area (Å²) in [5.74, 6) is 0.605. The molecule has 0 heterocycles. The Bertz CT molecular complexity index is 1040. The minimum atomic E-state index is -0.273. The molecular weight excluding hydrogens is 448 g/mol. The summed E-state index contributed by atoms with van der Waals surface area (Å²) in [6.45, 7) is 0.787. The summed E-state index contributed by atoms with van der Waals surface area (Å²) >= 11 is 3.40. The van der Waals surface area contributed by atoms with Gasteiger partial charge in [0.05, 0.1) is 5.56 Å². The van der Waals surface area contributed by atoms with Gasteiger partial charge in [0, 0.05) is 23.1 Å². The van der Waals surface area contributed by atoms with Gasteiger partial charge < -0.3 is 20.5 Å². The van der Waals surface area contributed by atoms with Gasteiger partial charge in [0.2, 0.25) is 0 Å². The van der Waals surface area contributed by atoms with E-state index in [0.29, 0.717) is 42.1 Å². The largest absolute Gasteiger partial charge is 0.508 e. The quantitative estimate of drug-likeness (QED) is 0.424. The zero-order valence-corrected chi connectivity index (χ0v) is 17.7. The predicted molar refractivity (Wildman–Crippen MR) is 118 cm³/mol. The molecular formula is C23H21BrN2O4. The molecule has 154 valence electrons. The molecule has 0 atom stereocenters. The Balaban J connectivity index is 1.49. The van der Waals surface area contributed by atoms with Crippen molar-refractivity contribution >= 4 is 27.7 Å². The maximum absolute atomic E-state index is 12.6. The zero-order valence-electron chi connectivity index (χ0n) is 16.1. The molecule has 3 aromatic rings. The number of rotatable bonds is 8. The molecule has 7 heteroatoms. The van der Waals surface area contributed by atoms with Crippen molar-refractivity contribution in [3.8, 4) is 17.2 Å². The summed E-state index contributed by atoms with van der Waals surface area (Å²) in [5, 5.41) is 15.0. The number of benzene rings is 3. The number of para-hydroxylation sites is 1. The third kappa shape index (κ3) is 6.09. The second kappa shape index (κ2) is 10.5. The number of hydrogen-bond acceptors (Lipinski definition) is 4. The first-order valence-electron chi connectivity index (χ1n) is 9.41. The van der Waals surface area contributed by atoms with Crippen LogP contribution in [0.2, 0.25) is 0 Å². The summed E-state index contributed by atoms with van der Waals surface area (Å²) in [4.78, 5) is 24.6. The lowest BCUT2D eigenvalue weighted by Gasteiger charge is -2.12. The smallest absolute Gasteiger partial charge is 0.255 e. The van der Waals surface area contributed by atoms with E-state index >= 15 is 0 Å². The Morgan fingerprint density at radius 1 is 0.867 bits per heavy atom. The Kier molecular flexibility index (Phi) is 7.45. The molecule has 0 unspecified atom stereocenters. The molecule has 0 saturated heterocycles. The number of nitrogens with one attached hydrogen (secondary N) is 2.